The molecule has 5 aliphatic rings. The molecule has 5 fully saturated rings. The number of ether oxygens (including phenoxy) is 2. The molecule has 1 aliphatic heterocycles. The Kier molecular flexibility index (Phi) is 5.52. The van der Waals surface area contributed by atoms with Crippen LogP contribution in [0.1, 0.15) is 55.3 Å². The summed E-state index contributed by atoms with van der Waals surface area (Å²) in [5.41, 5.74) is 3.90. The Labute approximate surface area is 248 Å². The standard InChI is InChI=1S/C32H34N6O3S/c1-15-24(29-37-25-16(2)33-11-10-23(25)42-29)28(38-31(34-15)36-21-13-17-8-9-19(21)12-17)35-22-14-20-26(39)32(20)27(22)40-30(41-32)18-6-4-3-5-7-18/h3-7,10-11,17,19-22,26-27,30,39H,8-9,12-14H2,1-2H3,(H2,34,35,36,38)/t17-,19+,20+,21+,22+,26?,27-,30?,32-/m0/s1. The van der Waals surface area contributed by atoms with Crippen molar-refractivity contribution in [2.45, 2.75) is 82.1 Å². The molecule has 0 radical (unpaired) electrons. The van der Waals surface area contributed by atoms with Crippen molar-refractivity contribution in [3.05, 3.63) is 59.5 Å². The molecule has 3 aromatic heterocycles. The summed E-state index contributed by atoms with van der Waals surface area (Å²) in [4.78, 5) is 19.6. The number of hydrogen-bond acceptors (Lipinski definition) is 10. The minimum atomic E-state index is -0.677. The van der Waals surface area contributed by atoms with Gasteiger partial charge < -0.3 is 25.2 Å². The van der Waals surface area contributed by atoms with Crippen molar-refractivity contribution in [1.29, 1.82) is 0 Å². The number of aryl methyl sites for hydroxylation is 2. The normalized spacial score (nSPS) is 35.9. The maximum atomic E-state index is 10.9. The number of rotatable bonds is 6. The second-order valence-corrected chi connectivity index (χ2v) is 13.9. The first-order valence-electron chi connectivity index (χ1n) is 15.2. The van der Waals surface area contributed by atoms with Crippen LogP contribution in [0.4, 0.5) is 11.8 Å². The van der Waals surface area contributed by atoms with E-state index in [0.717, 1.165) is 55.9 Å². The Bertz CT molecular complexity index is 1700. The zero-order valence-corrected chi connectivity index (χ0v) is 24.5. The van der Waals surface area contributed by atoms with Gasteiger partial charge in [0.15, 0.2) is 6.29 Å². The van der Waals surface area contributed by atoms with Gasteiger partial charge in [0, 0.05) is 23.7 Å². The van der Waals surface area contributed by atoms with Gasteiger partial charge in [0.05, 0.1) is 33.8 Å². The molecule has 4 aliphatic carbocycles. The quantitative estimate of drug-likeness (QED) is 0.275. The van der Waals surface area contributed by atoms with E-state index >= 15 is 0 Å². The van der Waals surface area contributed by atoms with Crippen LogP contribution in [0.15, 0.2) is 42.6 Å². The average Bonchev–Trinajstić information content (AvgIpc) is 3.67. The Balaban J connectivity index is 1.08. The largest absolute Gasteiger partial charge is 0.390 e. The molecule has 3 N–H and O–H groups in total. The van der Waals surface area contributed by atoms with Crippen LogP contribution in [-0.2, 0) is 9.47 Å². The summed E-state index contributed by atoms with van der Waals surface area (Å²) >= 11 is 1.64. The van der Waals surface area contributed by atoms with Crippen LogP contribution < -0.4 is 10.6 Å². The number of thiazole rings is 1. The van der Waals surface area contributed by atoms with Gasteiger partial charge in [-0.2, -0.15) is 4.98 Å². The summed E-state index contributed by atoms with van der Waals surface area (Å²) in [7, 11) is 0. The SMILES string of the molecule is Cc1nc(N[C@@H]2C[C@H]3CC[C@@H]2C3)nc(N[C@@H]2C[C@@H]3C(O)[C@@]34OC(c3ccccc3)O[C@@H]24)c1-c1nc2c(C)nccc2s1. The fourth-order valence-electron chi connectivity index (χ4n) is 8.35. The minimum Gasteiger partial charge on any atom is -0.390 e. The summed E-state index contributed by atoms with van der Waals surface area (Å²) in [6, 6.07) is 12.3. The van der Waals surface area contributed by atoms with Gasteiger partial charge >= 0.3 is 0 Å². The second kappa shape index (κ2) is 9.16. The van der Waals surface area contributed by atoms with Crippen LogP contribution >= 0.6 is 11.3 Å². The van der Waals surface area contributed by atoms with E-state index in [0.29, 0.717) is 17.9 Å². The number of nitrogens with one attached hydrogen (secondary N) is 2. The highest BCUT2D eigenvalue weighted by Gasteiger charge is 2.80. The topological polar surface area (TPSA) is 114 Å². The highest BCUT2D eigenvalue weighted by atomic mass is 32.1. The van der Waals surface area contributed by atoms with Gasteiger partial charge in [0.25, 0.3) is 0 Å². The van der Waals surface area contributed by atoms with Crippen molar-refractivity contribution < 1.29 is 14.6 Å². The monoisotopic (exact) mass is 582 g/mol. The summed E-state index contributed by atoms with van der Waals surface area (Å²) in [6.45, 7) is 4.04. The molecular weight excluding hydrogens is 548 g/mol. The number of benzene rings is 1. The van der Waals surface area contributed by atoms with Crippen molar-refractivity contribution in [3.8, 4) is 10.6 Å². The highest BCUT2D eigenvalue weighted by molar-refractivity contribution is 7.21. The predicted octanol–water partition coefficient (Wildman–Crippen LogP) is 5.39. The number of nitrogens with zero attached hydrogens (tertiary/aromatic N) is 4. The van der Waals surface area contributed by atoms with E-state index in [1.807, 2.05) is 56.4 Å². The Morgan fingerprint density at radius 1 is 0.952 bits per heavy atom. The summed E-state index contributed by atoms with van der Waals surface area (Å²) in [5, 5.41) is 19.3. The van der Waals surface area contributed by atoms with Crippen LogP contribution in [0.5, 0.6) is 0 Å². The third kappa shape index (κ3) is 3.71. The van der Waals surface area contributed by atoms with Gasteiger partial charge in [-0.15, -0.1) is 11.3 Å². The molecule has 9 atom stereocenters. The number of fused-ring (bicyclic) bond motifs is 3. The van der Waals surface area contributed by atoms with Crippen LogP contribution in [0, 0.1) is 31.6 Å². The lowest BCUT2D eigenvalue weighted by molar-refractivity contribution is -0.0834. The van der Waals surface area contributed by atoms with Gasteiger partial charge in [-0.1, -0.05) is 36.8 Å². The lowest BCUT2D eigenvalue weighted by atomic mass is 9.95. The molecule has 1 aromatic carbocycles. The van der Waals surface area contributed by atoms with Crippen LogP contribution in [-0.4, -0.2) is 54.9 Å². The molecule has 10 heteroatoms. The molecule has 9 nitrogen and oxygen atoms in total. The van der Waals surface area contributed by atoms with E-state index in [-0.39, 0.29) is 18.1 Å². The van der Waals surface area contributed by atoms with E-state index in [2.05, 4.69) is 15.6 Å². The zero-order valence-electron chi connectivity index (χ0n) is 23.7. The number of aliphatic hydroxyl groups excluding tert-OH is 1. The van der Waals surface area contributed by atoms with Crippen LogP contribution in [0.25, 0.3) is 20.8 Å². The molecule has 2 bridgehead atoms. The molecule has 42 heavy (non-hydrogen) atoms. The van der Waals surface area contributed by atoms with E-state index in [1.54, 1.807) is 11.3 Å². The molecule has 4 aromatic rings. The molecule has 0 amide bonds. The summed E-state index contributed by atoms with van der Waals surface area (Å²) < 4.78 is 14.1. The van der Waals surface area contributed by atoms with Crippen LogP contribution in [0.2, 0.25) is 0 Å². The number of pyridine rings is 1. The second-order valence-electron chi connectivity index (χ2n) is 12.9. The van der Waals surface area contributed by atoms with Crippen molar-refractivity contribution in [2.24, 2.45) is 17.8 Å². The van der Waals surface area contributed by atoms with Crippen LogP contribution in [0.3, 0.4) is 0 Å². The molecule has 2 unspecified atom stereocenters. The van der Waals surface area contributed by atoms with Crippen molar-refractivity contribution in [1.82, 2.24) is 19.9 Å². The van der Waals surface area contributed by atoms with Crippen molar-refractivity contribution in [2.75, 3.05) is 10.6 Å². The van der Waals surface area contributed by atoms with E-state index in [4.69, 9.17) is 24.4 Å². The average molecular weight is 583 g/mol. The third-order valence-corrected chi connectivity index (χ3v) is 11.5. The first-order chi connectivity index (χ1) is 20.5. The fraction of sp³-hybridized carbons (Fsp3) is 0.500. The van der Waals surface area contributed by atoms with Crippen molar-refractivity contribution >= 4 is 33.3 Å². The third-order valence-electron chi connectivity index (χ3n) is 10.5. The summed E-state index contributed by atoms with van der Waals surface area (Å²) in [6.07, 6.45) is 6.42. The summed E-state index contributed by atoms with van der Waals surface area (Å²) in [5.74, 6) is 2.98. The van der Waals surface area contributed by atoms with Gasteiger partial charge in [0.2, 0.25) is 5.95 Å². The molecular formula is C32H34N6O3S. The molecule has 216 valence electrons. The van der Waals surface area contributed by atoms with Gasteiger partial charge in [-0.25, -0.2) is 9.97 Å². The smallest absolute Gasteiger partial charge is 0.225 e. The lowest BCUT2D eigenvalue weighted by Gasteiger charge is -2.26. The Morgan fingerprint density at radius 2 is 1.83 bits per heavy atom. The Hall–Kier alpha value is -3.18. The highest BCUT2D eigenvalue weighted by Crippen LogP contribution is 2.65. The van der Waals surface area contributed by atoms with Crippen molar-refractivity contribution in [3.63, 3.8) is 0 Å². The maximum absolute atomic E-state index is 10.9. The predicted molar refractivity (Wildman–Crippen MR) is 160 cm³/mol. The van der Waals surface area contributed by atoms with Gasteiger partial charge in [-0.05, 0) is 57.4 Å². The molecule has 1 saturated heterocycles. The number of anilines is 2. The Morgan fingerprint density at radius 3 is 2.62 bits per heavy atom. The minimum absolute atomic E-state index is 0.0305. The number of aromatic nitrogens is 4. The van der Waals surface area contributed by atoms with E-state index in [9.17, 15) is 5.11 Å². The zero-order chi connectivity index (χ0) is 28.2. The fourth-order valence-corrected chi connectivity index (χ4v) is 9.46. The first kappa shape index (κ1) is 25.3. The number of aliphatic hydroxyl groups is 1. The molecule has 1 spiro atoms. The van der Waals surface area contributed by atoms with Gasteiger partial charge in [0.1, 0.15) is 28.0 Å². The first-order valence-corrected chi connectivity index (χ1v) is 16.0. The van der Waals surface area contributed by atoms with E-state index < -0.39 is 18.0 Å². The molecule has 4 heterocycles. The molecule has 9 rings (SSSR count). The lowest BCUT2D eigenvalue weighted by Crippen LogP contribution is -2.40. The molecule has 4 saturated carbocycles. The number of hydrogen-bond donors (Lipinski definition) is 3. The maximum Gasteiger partial charge on any atom is 0.225 e. The van der Waals surface area contributed by atoms with E-state index in [1.165, 1.54) is 25.7 Å². The van der Waals surface area contributed by atoms with Gasteiger partial charge in [-0.3, -0.25) is 4.98 Å².